The van der Waals surface area contributed by atoms with Crippen molar-refractivity contribution in [2.45, 2.75) is 31.9 Å². The number of aryl methyl sites for hydroxylation is 1. The van der Waals surface area contributed by atoms with E-state index < -0.39 is 18.2 Å². The van der Waals surface area contributed by atoms with E-state index in [4.69, 9.17) is 9.97 Å². The Morgan fingerprint density at radius 3 is 2.40 bits per heavy atom. The third-order valence-electron chi connectivity index (χ3n) is 9.09. The summed E-state index contributed by atoms with van der Waals surface area (Å²) >= 11 is 1.25. The Morgan fingerprint density at radius 2 is 1.74 bits per heavy atom. The Labute approximate surface area is 290 Å². The number of aliphatic hydroxyl groups is 1. The van der Waals surface area contributed by atoms with Crippen molar-refractivity contribution in [1.82, 2.24) is 34.1 Å². The van der Waals surface area contributed by atoms with Crippen molar-refractivity contribution in [2.75, 3.05) is 49.6 Å². The Bertz CT molecular complexity index is 2110. The number of halogens is 1. The summed E-state index contributed by atoms with van der Waals surface area (Å²) in [5.74, 6) is 0.673. The first kappa shape index (κ1) is 32.9. The second-order valence-electron chi connectivity index (χ2n) is 12.2. The first-order valence-corrected chi connectivity index (χ1v) is 16.9. The van der Waals surface area contributed by atoms with Crippen molar-refractivity contribution in [3.8, 4) is 28.5 Å². The fraction of sp³-hybridized carbons (Fsp3) is 0.324. The molecule has 0 spiro atoms. The molecule has 16 heteroatoms. The number of rotatable bonds is 7. The molecule has 0 radical (unpaired) electrons. The van der Waals surface area contributed by atoms with Crippen LogP contribution in [0.1, 0.15) is 23.9 Å². The monoisotopic (exact) mass is 696 g/mol. The average Bonchev–Trinajstić information content (AvgIpc) is 3.86. The summed E-state index contributed by atoms with van der Waals surface area (Å²) in [6.45, 7) is 3.70. The van der Waals surface area contributed by atoms with E-state index in [-0.39, 0.29) is 24.7 Å². The zero-order chi connectivity index (χ0) is 35.1. The first-order valence-electron chi connectivity index (χ1n) is 16.1. The third-order valence-corrected chi connectivity index (χ3v) is 10.1. The number of carbonyl (C=O) groups excluding carboxylic acids is 1. The van der Waals surface area contributed by atoms with Gasteiger partial charge in [-0.3, -0.25) is 14.1 Å². The molecule has 7 rings (SSSR count). The summed E-state index contributed by atoms with van der Waals surface area (Å²) < 4.78 is 15.6. The van der Waals surface area contributed by atoms with Crippen molar-refractivity contribution in [2.24, 2.45) is 0 Å². The summed E-state index contributed by atoms with van der Waals surface area (Å²) in [6.07, 6.45) is 4.18. The van der Waals surface area contributed by atoms with Crippen LogP contribution in [0.3, 0.4) is 0 Å². The van der Waals surface area contributed by atoms with Crippen LogP contribution in [0.5, 0.6) is 0 Å². The van der Waals surface area contributed by atoms with Crippen LogP contribution in [0.2, 0.25) is 0 Å². The van der Waals surface area contributed by atoms with E-state index in [2.05, 4.69) is 16.0 Å². The zero-order valence-electron chi connectivity index (χ0n) is 27.3. The second kappa shape index (κ2) is 13.3. The zero-order valence-corrected chi connectivity index (χ0v) is 28.1. The lowest BCUT2D eigenvalue weighted by atomic mass is 10.1. The van der Waals surface area contributed by atoms with Crippen LogP contribution in [-0.2, 0) is 11.2 Å². The number of thiazole rings is 1. The molecule has 0 aliphatic carbocycles. The lowest BCUT2D eigenvalue weighted by Crippen LogP contribution is -2.54. The lowest BCUT2D eigenvalue weighted by molar-refractivity contribution is -0.135. The van der Waals surface area contributed by atoms with Crippen LogP contribution in [0, 0.1) is 17.1 Å². The normalized spacial score (nSPS) is 17.7. The molecule has 0 bridgehead atoms. The number of aliphatic hydroxyl groups excluding tert-OH is 1. The van der Waals surface area contributed by atoms with Crippen molar-refractivity contribution in [3.05, 3.63) is 71.4 Å². The highest BCUT2D eigenvalue weighted by Crippen LogP contribution is 2.37. The van der Waals surface area contributed by atoms with Crippen LogP contribution in [-0.4, -0.2) is 108 Å². The molecule has 14 nitrogen and oxygen atoms in total. The number of hydrogen-bond donors (Lipinski definition) is 2. The number of benzene rings is 1. The molecule has 6 heterocycles. The van der Waals surface area contributed by atoms with Gasteiger partial charge < -0.3 is 24.9 Å². The lowest BCUT2D eigenvalue weighted by Gasteiger charge is -2.36. The molecule has 2 atom stereocenters. The number of carboxylic acid groups (broad SMARTS) is 1. The van der Waals surface area contributed by atoms with Gasteiger partial charge in [0.2, 0.25) is 11.9 Å². The first-order chi connectivity index (χ1) is 24.1. The minimum atomic E-state index is -1.21. The summed E-state index contributed by atoms with van der Waals surface area (Å²) in [7, 11) is 1.88. The molecule has 0 unspecified atom stereocenters. The van der Waals surface area contributed by atoms with Crippen LogP contribution < -0.4 is 9.80 Å². The third kappa shape index (κ3) is 6.05. The Hall–Kier alpha value is -5.66. The number of β-amino-alcohol motifs (C(OH)–C–C–N with tert-alkyl or cyclic N) is 1. The number of nitriles is 1. The molecule has 2 aliphatic rings. The average molecular weight is 697 g/mol. The number of amides is 2. The smallest absolute Gasteiger partial charge is 0.408 e. The molecule has 0 saturated carbocycles. The van der Waals surface area contributed by atoms with Gasteiger partial charge in [-0.2, -0.15) is 5.26 Å². The second-order valence-corrected chi connectivity index (χ2v) is 13.1. The molecule has 4 aromatic heterocycles. The maximum absolute atomic E-state index is 13.6. The van der Waals surface area contributed by atoms with Crippen LogP contribution in [0.25, 0.3) is 28.0 Å². The minimum Gasteiger partial charge on any atom is -0.465 e. The molecule has 2 aliphatic heterocycles. The standard InChI is InChI=1S/C34H33FN10O4S/c1-3-25-30(41(2)33-40-29(27(15-36)50-33)20-4-7-23(35)8-5-20)45-18-21(6-9-28(45)39-25)22-16-37-32(38-17-22)43-12-10-42(11-13-43)31(47)26-14-24(46)19-44(26)34(48)49/h4-9,16-18,24,26,46H,3,10-14,19H2,1-2H3,(H,48,49)/t24-,26+/m1/s1. The number of imidazole rings is 1. The molecule has 50 heavy (non-hydrogen) atoms. The quantitative estimate of drug-likeness (QED) is 0.252. The van der Waals surface area contributed by atoms with Gasteiger partial charge >= 0.3 is 6.09 Å². The number of fused-ring (bicyclic) bond motifs is 1. The molecule has 2 fully saturated rings. The Morgan fingerprint density at radius 1 is 1.04 bits per heavy atom. The van der Waals surface area contributed by atoms with Crippen molar-refractivity contribution in [3.63, 3.8) is 0 Å². The van der Waals surface area contributed by atoms with Gasteiger partial charge in [0.25, 0.3) is 0 Å². The van der Waals surface area contributed by atoms with Gasteiger partial charge in [-0.25, -0.2) is 29.1 Å². The maximum Gasteiger partial charge on any atom is 0.408 e. The van der Waals surface area contributed by atoms with Crippen LogP contribution in [0.4, 0.5) is 26.1 Å². The van der Waals surface area contributed by atoms with Crippen molar-refractivity contribution in [1.29, 1.82) is 5.26 Å². The van der Waals surface area contributed by atoms with E-state index in [0.29, 0.717) is 59.8 Å². The van der Waals surface area contributed by atoms with Gasteiger partial charge in [-0.15, -0.1) is 0 Å². The number of aromatic nitrogens is 5. The number of hydrogen-bond acceptors (Lipinski definition) is 11. The van der Waals surface area contributed by atoms with Gasteiger partial charge in [0.15, 0.2) is 5.13 Å². The van der Waals surface area contributed by atoms with Gasteiger partial charge in [0, 0.05) is 74.9 Å². The highest BCUT2D eigenvalue weighted by atomic mass is 32.1. The minimum absolute atomic E-state index is 0.0633. The summed E-state index contributed by atoms with van der Waals surface area (Å²) in [5.41, 5.74) is 4.40. The molecule has 256 valence electrons. The molecular formula is C34H33FN10O4S. The maximum atomic E-state index is 13.6. The summed E-state index contributed by atoms with van der Waals surface area (Å²) in [5, 5.41) is 29.8. The van der Waals surface area contributed by atoms with Crippen molar-refractivity contribution < 1.29 is 24.2 Å². The molecule has 1 aromatic carbocycles. The van der Waals surface area contributed by atoms with E-state index in [9.17, 15) is 29.5 Å². The Kier molecular flexibility index (Phi) is 8.76. The number of nitrogens with zero attached hydrogens (tertiary/aromatic N) is 10. The number of anilines is 3. The molecule has 2 N–H and O–H groups in total. The summed E-state index contributed by atoms with van der Waals surface area (Å²) in [6, 6.07) is 11.2. The van der Waals surface area contributed by atoms with Gasteiger partial charge in [0.05, 0.1) is 18.3 Å². The van der Waals surface area contributed by atoms with E-state index in [1.54, 1.807) is 29.4 Å². The SMILES string of the molecule is CCc1nc2ccc(-c3cnc(N4CCN(C(=O)[C@@H]5C[C@@H](O)CN5C(=O)O)CC4)nc3)cn2c1N(C)c1nc(-c2ccc(F)cc2)c(C#N)s1. The highest BCUT2D eigenvalue weighted by molar-refractivity contribution is 7.16. The number of piperazine rings is 1. The van der Waals surface area contributed by atoms with E-state index >= 15 is 0 Å². The predicted octanol–water partition coefficient (Wildman–Crippen LogP) is 4.02. The molecule has 5 aromatic rings. The summed E-state index contributed by atoms with van der Waals surface area (Å²) in [4.78, 5) is 50.5. The Balaban J connectivity index is 1.09. The van der Waals surface area contributed by atoms with Gasteiger partial charge in [-0.1, -0.05) is 18.3 Å². The number of pyridine rings is 1. The molecule has 2 amide bonds. The number of likely N-dealkylation sites (tertiary alicyclic amines) is 1. The van der Waals surface area contributed by atoms with Crippen LogP contribution >= 0.6 is 11.3 Å². The highest BCUT2D eigenvalue weighted by Gasteiger charge is 2.41. The van der Waals surface area contributed by atoms with E-state index in [1.165, 1.54) is 23.5 Å². The van der Waals surface area contributed by atoms with E-state index in [0.717, 1.165) is 33.2 Å². The van der Waals surface area contributed by atoms with Gasteiger partial charge in [0.1, 0.15) is 40.0 Å². The molecule has 2 saturated heterocycles. The van der Waals surface area contributed by atoms with Crippen molar-refractivity contribution >= 4 is 45.9 Å². The number of carbonyl (C=O) groups is 2. The topological polar surface area (TPSA) is 167 Å². The van der Waals surface area contributed by atoms with Gasteiger partial charge in [-0.05, 0) is 42.8 Å². The molecular weight excluding hydrogens is 664 g/mol. The van der Waals surface area contributed by atoms with E-state index in [1.807, 2.05) is 46.5 Å². The fourth-order valence-corrected chi connectivity index (χ4v) is 7.35. The predicted molar refractivity (Wildman–Crippen MR) is 184 cm³/mol. The fourth-order valence-electron chi connectivity index (χ4n) is 6.50. The largest absolute Gasteiger partial charge is 0.465 e. The van der Waals surface area contributed by atoms with Crippen LogP contribution in [0.15, 0.2) is 55.0 Å².